The Morgan fingerprint density at radius 2 is 2.11 bits per heavy atom. The van der Waals surface area contributed by atoms with Crippen molar-refractivity contribution in [2.75, 3.05) is 20.1 Å². The van der Waals surface area contributed by atoms with Crippen molar-refractivity contribution >= 4 is 6.03 Å². The average Bonchev–Trinajstić information content (AvgIpc) is 2.85. The lowest BCUT2D eigenvalue weighted by Crippen LogP contribution is -2.43. The van der Waals surface area contributed by atoms with Crippen molar-refractivity contribution in [3.05, 3.63) is 35.9 Å². The second-order valence-corrected chi connectivity index (χ2v) is 5.48. The van der Waals surface area contributed by atoms with Crippen molar-refractivity contribution in [2.45, 2.75) is 38.6 Å². The highest BCUT2D eigenvalue weighted by molar-refractivity contribution is 5.74. The average molecular weight is 260 g/mol. The minimum atomic E-state index is 0.193. The molecule has 1 heterocycles. The van der Waals surface area contributed by atoms with Crippen LogP contribution in [0.25, 0.3) is 0 Å². The van der Waals surface area contributed by atoms with E-state index in [-0.39, 0.29) is 6.03 Å². The molecule has 1 atom stereocenters. The van der Waals surface area contributed by atoms with E-state index < -0.39 is 0 Å². The maximum atomic E-state index is 12.2. The third kappa shape index (κ3) is 3.72. The van der Waals surface area contributed by atoms with E-state index in [9.17, 15) is 4.79 Å². The number of aryl methyl sites for hydroxylation is 1. The van der Waals surface area contributed by atoms with Crippen LogP contribution >= 0.6 is 0 Å². The van der Waals surface area contributed by atoms with Crippen LogP contribution in [0.4, 0.5) is 4.79 Å². The van der Waals surface area contributed by atoms with E-state index in [2.05, 4.69) is 31.2 Å². The van der Waals surface area contributed by atoms with Crippen LogP contribution in [0, 0.1) is 0 Å². The van der Waals surface area contributed by atoms with Gasteiger partial charge in [-0.05, 0) is 38.2 Å². The summed E-state index contributed by atoms with van der Waals surface area (Å²) in [6.45, 7) is 3.89. The summed E-state index contributed by atoms with van der Waals surface area (Å²) in [5, 5.41) is 0. The lowest BCUT2D eigenvalue weighted by Gasteiger charge is -2.27. The molecule has 1 saturated heterocycles. The molecule has 104 valence electrons. The van der Waals surface area contributed by atoms with Gasteiger partial charge in [0.1, 0.15) is 0 Å². The Bertz CT molecular complexity index is 404. The third-order valence-corrected chi connectivity index (χ3v) is 3.93. The van der Waals surface area contributed by atoms with Gasteiger partial charge in [-0.15, -0.1) is 0 Å². The number of benzene rings is 1. The van der Waals surface area contributed by atoms with Crippen LogP contribution in [-0.4, -0.2) is 42.0 Å². The molecule has 0 bridgehead atoms. The predicted octanol–water partition coefficient (Wildman–Crippen LogP) is 3.16. The van der Waals surface area contributed by atoms with E-state index >= 15 is 0 Å². The zero-order valence-electron chi connectivity index (χ0n) is 12.0. The van der Waals surface area contributed by atoms with Crippen LogP contribution < -0.4 is 0 Å². The standard InChI is InChI=1S/C16H24N2O/c1-14-8-6-13-18(14)16(19)17(2)12-7-11-15-9-4-3-5-10-15/h3-5,9-10,14H,6-8,11-13H2,1-2H3/t14-/m1/s1. The molecule has 1 aromatic rings. The molecular weight excluding hydrogens is 236 g/mol. The molecule has 0 saturated carbocycles. The van der Waals surface area contributed by atoms with Gasteiger partial charge in [0.2, 0.25) is 0 Å². The number of carbonyl (C=O) groups is 1. The number of hydrogen-bond acceptors (Lipinski definition) is 1. The molecule has 0 spiro atoms. The van der Waals surface area contributed by atoms with Crippen LogP contribution in [-0.2, 0) is 6.42 Å². The summed E-state index contributed by atoms with van der Waals surface area (Å²) in [5.41, 5.74) is 1.35. The molecule has 0 aromatic heterocycles. The summed E-state index contributed by atoms with van der Waals surface area (Å²) in [5.74, 6) is 0. The Balaban J connectivity index is 1.75. The number of hydrogen-bond donors (Lipinski definition) is 0. The lowest BCUT2D eigenvalue weighted by molar-refractivity contribution is 0.160. The molecule has 0 aliphatic carbocycles. The Labute approximate surface area is 116 Å². The molecule has 1 aromatic carbocycles. The van der Waals surface area contributed by atoms with Gasteiger partial charge in [0.25, 0.3) is 0 Å². The Morgan fingerprint density at radius 3 is 2.74 bits per heavy atom. The highest BCUT2D eigenvalue weighted by Gasteiger charge is 2.26. The van der Waals surface area contributed by atoms with Gasteiger partial charge < -0.3 is 9.80 Å². The van der Waals surface area contributed by atoms with E-state index in [4.69, 9.17) is 0 Å². The first-order chi connectivity index (χ1) is 9.18. The fourth-order valence-electron chi connectivity index (χ4n) is 2.70. The molecule has 19 heavy (non-hydrogen) atoms. The fourth-order valence-corrected chi connectivity index (χ4v) is 2.70. The van der Waals surface area contributed by atoms with Gasteiger partial charge in [0, 0.05) is 26.2 Å². The van der Waals surface area contributed by atoms with E-state index in [1.807, 2.05) is 22.9 Å². The van der Waals surface area contributed by atoms with Crippen molar-refractivity contribution in [1.29, 1.82) is 0 Å². The largest absolute Gasteiger partial charge is 0.328 e. The first kappa shape index (κ1) is 13.9. The first-order valence-electron chi connectivity index (χ1n) is 7.24. The van der Waals surface area contributed by atoms with E-state index in [1.165, 1.54) is 5.56 Å². The van der Waals surface area contributed by atoms with Gasteiger partial charge in [0.15, 0.2) is 0 Å². The monoisotopic (exact) mass is 260 g/mol. The molecule has 1 aliphatic rings. The summed E-state index contributed by atoms with van der Waals surface area (Å²) in [6.07, 6.45) is 4.34. The Kier molecular flexibility index (Phi) is 4.83. The van der Waals surface area contributed by atoms with Crippen LogP contribution in [0.1, 0.15) is 31.7 Å². The number of urea groups is 1. The smallest absolute Gasteiger partial charge is 0.319 e. The molecule has 0 N–H and O–H groups in total. The quantitative estimate of drug-likeness (QED) is 0.815. The summed E-state index contributed by atoms with van der Waals surface area (Å²) in [4.78, 5) is 16.1. The topological polar surface area (TPSA) is 23.6 Å². The molecule has 0 radical (unpaired) electrons. The number of rotatable bonds is 4. The summed E-state index contributed by atoms with van der Waals surface area (Å²) >= 11 is 0. The number of carbonyl (C=O) groups excluding carboxylic acids is 1. The number of nitrogens with zero attached hydrogens (tertiary/aromatic N) is 2. The molecular formula is C16H24N2O. The van der Waals surface area contributed by atoms with Gasteiger partial charge >= 0.3 is 6.03 Å². The van der Waals surface area contributed by atoms with Crippen molar-refractivity contribution in [1.82, 2.24) is 9.80 Å². The van der Waals surface area contributed by atoms with Gasteiger partial charge in [0.05, 0.1) is 0 Å². The molecule has 1 aliphatic heterocycles. The van der Waals surface area contributed by atoms with E-state index in [0.29, 0.717) is 6.04 Å². The van der Waals surface area contributed by atoms with Crippen LogP contribution in [0.2, 0.25) is 0 Å². The van der Waals surface area contributed by atoms with E-state index in [1.54, 1.807) is 0 Å². The van der Waals surface area contributed by atoms with Crippen molar-refractivity contribution in [3.63, 3.8) is 0 Å². The van der Waals surface area contributed by atoms with Crippen molar-refractivity contribution in [2.24, 2.45) is 0 Å². The lowest BCUT2D eigenvalue weighted by atomic mass is 10.1. The minimum absolute atomic E-state index is 0.193. The van der Waals surface area contributed by atoms with Crippen LogP contribution in [0.3, 0.4) is 0 Å². The Hall–Kier alpha value is -1.51. The van der Waals surface area contributed by atoms with Gasteiger partial charge in [-0.1, -0.05) is 30.3 Å². The molecule has 1 fully saturated rings. The van der Waals surface area contributed by atoms with Gasteiger partial charge in [-0.25, -0.2) is 4.79 Å². The summed E-state index contributed by atoms with van der Waals surface area (Å²) in [6, 6.07) is 11.1. The first-order valence-corrected chi connectivity index (χ1v) is 7.24. The van der Waals surface area contributed by atoms with Crippen molar-refractivity contribution in [3.8, 4) is 0 Å². The zero-order chi connectivity index (χ0) is 13.7. The maximum absolute atomic E-state index is 12.2. The zero-order valence-corrected chi connectivity index (χ0v) is 12.0. The molecule has 3 heteroatoms. The number of likely N-dealkylation sites (tertiary alicyclic amines) is 1. The fraction of sp³-hybridized carbons (Fsp3) is 0.562. The predicted molar refractivity (Wildman–Crippen MR) is 78.2 cm³/mol. The van der Waals surface area contributed by atoms with Gasteiger partial charge in [-0.2, -0.15) is 0 Å². The second kappa shape index (κ2) is 6.60. The maximum Gasteiger partial charge on any atom is 0.319 e. The SMILES string of the molecule is C[C@@H]1CCCN1C(=O)N(C)CCCc1ccccc1. The van der Waals surface area contributed by atoms with Crippen LogP contribution in [0.15, 0.2) is 30.3 Å². The Morgan fingerprint density at radius 1 is 1.37 bits per heavy atom. The minimum Gasteiger partial charge on any atom is -0.328 e. The van der Waals surface area contributed by atoms with Crippen molar-refractivity contribution < 1.29 is 4.79 Å². The van der Waals surface area contributed by atoms with Crippen LogP contribution in [0.5, 0.6) is 0 Å². The van der Waals surface area contributed by atoms with E-state index in [0.717, 1.165) is 38.8 Å². The van der Waals surface area contributed by atoms with Gasteiger partial charge in [-0.3, -0.25) is 0 Å². The molecule has 2 rings (SSSR count). The highest BCUT2D eigenvalue weighted by Crippen LogP contribution is 2.18. The number of amides is 2. The molecule has 0 unspecified atom stereocenters. The summed E-state index contributed by atoms with van der Waals surface area (Å²) in [7, 11) is 1.92. The normalized spacial score (nSPS) is 18.6. The second-order valence-electron chi connectivity index (χ2n) is 5.48. The molecule has 3 nitrogen and oxygen atoms in total. The third-order valence-electron chi connectivity index (χ3n) is 3.93. The molecule has 2 amide bonds. The highest BCUT2D eigenvalue weighted by atomic mass is 16.2. The summed E-state index contributed by atoms with van der Waals surface area (Å²) < 4.78 is 0.